The molecule has 1 heterocycles. The molecule has 106 valence electrons. The molecule has 0 spiro atoms. The lowest BCUT2D eigenvalue weighted by molar-refractivity contribution is 0.312. The second-order valence-corrected chi connectivity index (χ2v) is 7.55. The van der Waals surface area contributed by atoms with Crippen molar-refractivity contribution in [2.45, 2.75) is 70.8 Å². The van der Waals surface area contributed by atoms with E-state index in [4.69, 9.17) is 0 Å². The summed E-state index contributed by atoms with van der Waals surface area (Å²) in [6, 6.07) is 0.821. The molecule has 1 nitrogen and oxygen atoms in total. The number of rotatable bonds is 7. The van der Waals surface area contributed by atoms with Crippen molar-refractivity contribution in [3.8, 4) is 0 Å². The van der Waals surface area contributed by atoms with Crippen LogP contribution in [0.4, 0.5) is 0 Å². The standard InChI is InChI=1S/C16H31NS/c1-2-9-17-16(12-14-5-3-4-6-14)13-15-7-10-18-11-8-15/h14-17H,2-13H2,1H3. The van der Waals surface area contributed by atoms with Gasteiger partial charge in [0.1, 0.15) is 0 Å². The summed E-state index contributed by atoms with van der Waals surface area (Å²) >= 11 is 2.16. The summed E-state index contributed by atoms with van der Waals surface area (Å²) < 4.78 is 0. The van der Waals surface area contributed by atoms with E-state index in [0.29, 0.717) is 0 Å². The van der Waals surface area contributed by atoms with Crippen molar-refractivity contribution in [2.75, 3.05) is 18.1 Å². The van der Waals surface area contributed by atoms with Crippen LogP contribution in [0.25, 0.3) is 0 Å². The maximum absolute atomic E-state index is 3.84. The summed E-state index contributed by atoms with van der Waals surface area (Å²) in [6.07, 6.45) is 13.1. The van der Waals surface area contributed by atoms with E-state index in [1.165, 1.54) is 75.8 Å². The van der Waals surface area contributed by atoms with Crippen LogP contribution < -0.4 is 5.32 Å². The summed E-state index contributed by atoms with van der Waals surface area (Å²) in [5, 5.41) is 3.84. The predicted octanol–water partition coefficient (Wildman–Crippen LogP) is 4.47. The normalized spacial score (nSPS) is 24.5. The van der Waals surface area contributed by atoms with E-state index in [2.05, 4.69) is 24.0 Å². The Hall–Kier alpha value is 0.310. The third kappa shape index (κ3) is 5.13. The van der Waals surface area contributed by atoms with Crippen LogP contribution in [0.3, 0.4) is 0 Å². The minimum absolute atomic E-state index is 0.821. The van der Waals surface area contributed by atoms with E-state index in [1.807, 2.05) is 0 Å². The molecule has 2 heteroatoms. The Kier molecular flexibility index (Phi) is 6.93. The number of hydrogen-bond donors (Lipinski definition) is 1. The van der Waals surface area contributed by atoms with Crippen LogP contribution in [0.1, 0.15) is 64.7 Å². The van der Waals surface area contributed by atoms with Crippen LogP contribution >= 0.6 is 11.8 Å². The third-order valence-electron chi connectivity index (χ3n) is 4.73. The van der Waals surface area contributed by atoms with Crippen molar-refractivity contribution in [3.63, 3.8) is 0 Å². The molecule has 1 aliphatic heterocycles. The highest BCUT2D eigenvalue weighted by Gasteiger charge is 2.23. The van der Waals surface area contributed by atoms with Crippen LogP contribution in [0.2, 0.25) is 0 Å². The second kappa shape index (κ2) is 8.47. The Labute approximate surface area is 118 Å². The zero-order chi connectivity index (χ0) is 12.6. The van der Waals surface area contributed by atoms with E-state index >= 15 is 0 Å². The van der Waals surface area contributed by atoms with Gasteiger partial charge in [-0.25, -0.2) is 0 Å². The maximum Gasteiger partial charge on any atom is 0.00723 e. The SMILES string of the molecule is CCCNC(CC1CCCC1)CC1CCSCC1. The van der Waals surface area contributed by atoms with Crippen molar-refractivity contribution in [3.05, 3.63) is 0 Å². The lowest BCUT2D eigenvalue weighted by atomic mass is 9.88. The van der Waals surface area contributed by atoms with Crippen LogP contribution in [-0.4, -0.2) is 24.1 Å². The van der Waals surface area contributed by atoms with Crippen molar-refractivity contribution in [1.82, 2.24) is 5.32 Å². The molecule has 1 atom stereocenters. The Morgan fingerprint density at radius 1 is 1.00 bits per heavy atom. The van der Waals surface area contributed by atoms with Gasteiger partial charge in [0.15, 0.2) is 0 Å². The van der Waals surface area contributed by atoms with Gasteiger partial charge in [-0.15, -0.1) is 0 Å². The lowest BCUT2D eigenvalue weighted by Gasteiger charge is -2.28. The van der Waals surface area contributed by atoms with Crippen LogP contribution in [-0.2, 0) is 0 Å². The summed E-state index contributed by atoms with van der Waals surface area (Å²) in [5.41, 5.74) is 0. The zero-order valence-electron chi connectivity index (χ0n) is 12.1. The molecular formula is C16H31NS. The van der Waals surface area contributed by atoms with Gasteiger partial charge in [0.25, 0.3) is 0 Å². The van der Waals surface area contributed by atoms with Crippen LogP contribution in [0, 0.1) is 11.8 Å². The Balaban J connectivity index is 1.74. The molecule has 1 saturated carbocycles. The van der Waals surface area contributed by atoms with Crippen molar-refractivity contribution in [1.29, 1.82) is 0 Å². The van der Waals surface area contributed by atoms with Crippen molar-refractivity contribution < 1.29 is 0 Å². The fourth-order valence-corrected chi connectivity index (χ4v) is 4.85. The Morgan fingerprint density at radius 3 is 2.22 bits per heavy atom. The highest BCUT2D eigenvalue weighted by Crippen LogP contribution is 2.32. The topological polar surface area (TPSA) is 12.0 Å². The molecule has 0 aromatic heterocycles. The molecule has 1 aliphatic carbocycles. The van der Waals surface area contributed by atoms with Gasteiger partial charge in [-0.05, 0) is 62.0 Å². The lowest BCUT2D eigenvalue weighted by Crippen LogP contribution is -2.34. The largest absolute Gasteiger partial charge is 0.314 e. The van der Waals surface area contributed by atoms with E-state index in [9.17, 15) is 0 Å². The molecule has 1 saturated heterocycles. The summed E-state index contributed by atoms with van der Waals surface area (Å²) in [7, 11) is 0. The first-order valence-corrected chi connectivity index (χ1v) is 9.35. The number of thioether (sulfide) groups is 1. The van der Waals surface area contributed by atoms with Gasteiger partial charge >= 0.3 is 0 Å². The molecule has 0 aromatic rings. The van der Waals surface area contributed by atoms with E-state index in [0.717, 1.165) is 17.9 Å². The highest BCUT2D eigenvalue weighted by atomic mass is 32.2. The molecular weight excluding hydrogens is 238 g/mol. The summed E-state index contributed by atoms with van der Waals surface area (Å²) in [5.74, 6) is 4.88. The number of hydrogen-bond acceptors (Lipinski definition) is 2. The second-order valence-electron chi connectivity index (χ2n) is 6.33. The quantitative estimate of drug-likeness (QED) is 0.732. The van der Waals surface area contributed by atoms with Gasteiger partial charge in [-0.3, -0.25) is 0 Å². The smallest absolute Gasteiger partial charge is 0.00723 e. The average molecular weight is 269 g/mol. The Bertz CT molecular complexity index is 207. The first-order valence-electron chi connectivity index (χ1n) is 8.19. The van der Waals surface area contributed by atoms with Crippen LogP contribution in [0.5, 0.6) is 0 Å². The minimum Gasteiger partial charge on any atom is -0.314 e. The van der Waals surface area contributed by atoms with Gasteiger partial charge in [0.2, 0.25) is 0 Å². The molecule has 0 amide bonds. The van der Waals surface area contributed by atoms with E-state index in [-0.39, 0.29) is 0 Å². The fraction of sp³-hybridized carbons (Fsp3) is 1.00. The molecule has 0 radical (unpaired) electrons. The van der Waals surface area contributed by atoms with E-state index in [1.54, 1.807) is 0 Å². The van der Waals surface area contributed by atoms with Gasteiger partial charge < -0.3 is 5.32 Å². The molecule has 1 N–H and O–H groups in total. The molecule has 18 heavy (non-hydrogen) atoms. The average Bonchev–Trinajstić information content (AvgIpc) is 2.90. The molecule has 2 aliphatic rings. The van der Waals surface area contributed by atoms with Gasteiger partial charge in [-0.1, -0.05) is 32.6 Å². The molecule has 2 rings (SSSR count). The number of nitrogens with one attached hydrogen (secondary N) is 1. The molecule has 2 fully saturated rings. The highest BCUT2D eigenvalue weighted by molar-refractivity contribution is 7.99. The predicted molar refractivity (Wildman–Crippen MR) is 83.3 cm³/mol. The van der Waals surface area contributed by atoms with Crippen molar-refractivity contribution >= 4 is 11.8 Å². The first-order chi connectivity index (χ1) is 8.88. The van der Waals surface area contributed by atoms with Gasteiger partial charge in [0.05, 0.1) is 0 Å². The Morgan fingerprint density at radius 2 is 1.61 bits per heavy atom. The first kappa shape index (κ1) is 14.7. The van der Waals surface area contributed by atoms with Crippen LogP contribution in [0.15, 0.2) is 0 Å². The van der Waals surface area contributed by atoms with Crippen molar-refractivity contribution in [2.24, 2.45) is 11.8 Å². The molecule has 0 bridgehead atoms. The fourth-order valence-electron chi connectivity index (χ4n) is 3.64. The van der Waals surface area contributed by atoms with Gasteiger partial charge in [-0.2, -0.15) is 11.8 Å². The summed E-state index contributed by atoms with van der Waals surface area (Å²) in [4.78, 5) is 0. The summed E-state index contributed by atoms with van der Waals surface area (Å²) in [6.45, 7) is 3.51. The molecule has 1 unspecified atom stereocenters. The molecule has 0 aromatic carbocycles. The zero-order valence-corrected chi connectivity index (χ0v) is 12.9. The minimum atomic E-state index is 0.821. The third-order valence-corrected chi connectivity index (χ3v) is 5.78. The monoisotopic (exact) mass is 269 g/mol. The maximum atomic E-state index is 3.84. The van der Waals surface area contributed by atoms with Gasteiger partial charge in [0, 0.05) is 6.04 Å². The van der Waals surface area contributed by atoms with E-state index < -0.39 is 0 Å².